The van der Waals surface area contributed by atoms with Crippen molar-refractivity contribution in [2.24, 2.45) is 5.29 Å². The van der Waals surface area contributed by atoms with Crippen molar-refractivity contribution >= 4 is 9.73 Å². The molecule has 10 heteroatoms. The molecule has 0 N–H and O–H groups in total. The lowest BCUT2D eigenvalue weighted by Gasteiger charge is -2.12. The number of alkyl halides is 3. The van der Waals surface area contributed by atoms with E-state index in [9.17, 15) is 27.5 Å². The first-order chi connectivity index (χ1) is 8.60. The number of nitroso groups, excluding NO2 is 1. The van der Waals surface area contributed by atoms with Crippen molar-refractivity contribution in [2.75, 3.05) is 6.26 Å². The van der Waals surface area contributed by atoms with Gasteiger partial charge in [-0.05, 0) is 22.8 Å². The molecule has 1 aromatic rings. The third-order valence-electron chi connectivity index (χ3n) is 2.58. The highest BCUT2D eigenvalue weighted by atomic mass is 32.2. The largest absolute Gasteiger partial charge is 0.510 e. The van der Waals surface area contributed by atoms with Gasteiger partial charge in [-0.2, -0.15) is 13.2 Å². The van der Waals surface area contributed by atoms with Crippen molar-refractivity contribution < 1.29 is 21.6 Å². The second-order valence-electron chi connectivity index (χ2n) is 3.80. The quantitative estimate of drug-likeness (QED) is 0.487. The number of rotatable bonds is 3. The van der Waals surface area contributed by atoms with Crippen LogP contribution < -0.4 is 0 Å². The zero-order valence-electron chi connectivity index (χ0n) is 9.92. The molecule has 6 nitrogen and oxygen atoms in total. The molecule has 1 aromatic heterocycles. The van der Waals surface area contributed by atoms with Crippen LogP contribution in [0.5, 0.6) is 0 Å². The smallest absolute Gasteiger partial charge is 0.433 e. The van der Waals surface area contributed by atoms with Crippen molar-refractivity contribution in [2.45, 2.75) is 18.3 Å². The minimum absolute atomic E-state index is 0.144. The van der Waals surface area contributed by atoms with Gasteiger partial charge in [-0.15, -0.1) is 0 Å². The number of hydrogen-bond acceptors (Lipinski definition) is 4. The van der Waals surface area contributed by atoms with Crippen molar-refractivity contribution in [3.63, 3.8) is 0 Å². The average molecular weight is 297 g/mol. The van der Waals surface area contributed by atoms with Crippen LogP contribution in [-0.4, -0.2) is 19.7 Å². The number of pyridine rings is 1. The molecular formula is C9H10F3N3O3S. The highest BCUT2D eigenvalue weighted by Gasteiger charge is 2.33. The molecule has 0 saturated heterocycles. The molecule has 106 valence electrons. The maximum atomic E-state index is 12.3. The van der Waals surface area contributed by atoms with Crippen LogP contribution in [0.25, 0.3) is 0 Å². The summed E-state index contributed by atoms with van der Waals surface area (Å²) in [5, 5.41) is 12.1. The molecule has 0 aromatic carbocycles. The Bertz CT molecular complexity index is 591. The maximum Gasteiger partial charge on any atom is 0.433 e. The van der Waals surface area contributed by atoms with Gasteiger partial charge in [-0.25, -0.2) is 4.21 Å². The Kier molecular flexibility index (Phi) is 4.25. The molecule has 0 fully saturated rings. The molecular weight excluding hydrogens is 287 g/mol. The Morgan fingerprint density at radius 3 is 2.42 bits per heavy atom. The molecule has 1 rings (SSSR count). The van der Waals surface area contributed by atoms with Crippen LogP contribution in [0.1, 0.15) is 23.4 Å². The van der Waals surface area contributed by atoms with Crippen LogP contribution in [0, 0.1) is 10.1 Å². The lowest BCUT2D eigenvalue weighted by Crippen LogP contribution is -2.17. The summed E-state index contributed by atoms with van der Waals surface area (Å²) in [5.41, 5.74) is -0.955. The van der Waals surface area contributed by atoms with E-state index in [2.05, 4.69) is 4.98 Å². The topological polar surface area (TPSA) is 85.5 Å². The monoisotopic (exact) mass is 297 g/mol. The Balaban J connectivity index is 3.20. The summed E-state index contributed by atoms with van der Waals surface area (Å²) in [6.07, 6.45) is -2.71. The summed E-state index contributed by atoms with van der Waals surface area (Å²) >= 11 is 0. The van der Waals surface area contributed by atoms with Gasteiger partial charge < -0.3 is 5.21 Å². The second kappa shape index (κ2) is 5.21. The summed E-state index contributed by atoms with van der Waals surface area (Å²) in [4.78, 5) is 13.3. The van der Waals surface area contributed by atoms with Crippen LogP contribution in [0.2, 0.25) is 0 Å². The van der Waals surface area contributed by atoms with Crippen LogP contribution in [-0.2, 0) is 15.9 Å². The highest BCUT2D eigenvalue weighted by Crippen LogP contribution is 2.29. The van der Waals surface area contributed by atoms with E-state index in [1.165, 1.54) is 6.92 Å². The molecule has 19 heavy (non-hydrogen) atoms. The number of hydrogen-bond donors (Lipinski definition) is 0. The molecule has 0 aliphatic carbocycles. The predicted molar refractivity (Wildman–Crippen MR) is 61.1 cm³/mol. The maximum absolute atomic E-state index is 12.3. The standard InChI is InChI=1S/C9H10F3N3O3S/c1-6(19(2,18)15(17)14-16)7-3-4-8(13-5-7)9(10,11)12/h3-6H,1-2H3. The van der Waals surface area contributed by atoms with Crippen LogP contribution in [0.3, 0.4) is 0 Å². The summed E-state index contributed by atoms with van der Waals surface area (Å²) in [7, 11) is -3.36. The third-order valence-corrected chi connectivity index (χ3v) is 4.85. The van der Waals surface area contributed by atoms with Crippen molar-refractivity contribution in [1.82, 2.24) is 4.98 Å². The number of nitrogens with zero attached hydrogens (tertiary/aromatic N) is 3. The molecule has 0 saturated carbocycles. The predicted octanol–water partition coefficient (Wildman–Crippen LogP) is 2.45. The molecule has 2 unspecified atom stereocenters. The zero-order chi connectivity index (χ0) is 14.8. The number of halogens is 3. The molecule has 1 heterocycles. The Hall–Kier alpha value is -1.55. The van der Waals surface area contributed by atoms with E-state index in [4.69, 9.17) is 0 Å². The summed E-state index contributed by atoms with van der Waals surface area (Å²) < 4.78 is 48.4. The van der Waals surface area contributed by atoms with E-state index in [1.807, 2.05) is 5.29 Å². The van der Waals surface area contributed by atoms with E-state index in [-0.39, 0.29) is 5.56 Å². The Morgan fingerprint density at radius 1 is 1.47 bits per heavy atom. The van der Waals surface area contributed by atoms with Gasteiger partial charge in [0.1, 0.15) is 10.9 Å². The van der Waals surface area contributed by atoms with Gasteiger partial charge >= 0.3 is 6.18 Å². The fourth-order valence-electron chi connectivity index (χ4n) is 1.27. The van der Waals surface area contributed by atoms with Gasteiger partial charge in [0.2, 0.25) is 0 Å². The van der Waals surface area contributed by atoms with E-state index >= 15 is 0 Å². The Labute approximate surface area is 107 Å². The summed E-state index contributed by atoms with van der Waals surface area (Å²) in [5.74, 6) is 0. The van der Waals surface area contributed by atoms with Crippen LogP contribution >= 0.6 is 0 Å². The van der Waals surface area contributed by atoms with Gasteiger partial charge in [0.25, 0.3) is 5.29 Å². The SMILES string of the molecule is CC(c1ccc(C(F)(F)F)nc1)S(C)(=O)=[N+]([O-])N=O. The van der Waals surface area contributed by atoms with Crippen molar-refractivity contribution in [1.29, 1.82) is 0 Å². The minimum Gasteiger partial charge on any atom is -0.510 e. The second-order valence-corrected chi connectivity index (χ2v) is 6.54. The first-order valence-corrected chi connectivity index (χ1v) is 6.91. The molecule has 0 aliphatic heterocycles. The molecule has 0 radical (unpaired) electrons. The lowest BCUT2D eigenvalue weighted by atomic mass is 10.2. The van der Waals surface area contributed by atoms with Crippen molar-refractivity contribution in [3.8, 4) is 0 Å². The van der Waals surface area contributed by atoms with Gasteiger partial charge in [0.05, 0.1) is 6.26 Å². The van der Waals surface area contributed by atoms with E-state index < -0.39 is 31.1 Å². The average Bonchev–Trinajstić information content (AvgIpc) is 2.35. The van der Waals surface area contributed by atoms with Crippen LogP contribution in [0.15, 0.2) is 23.6 Å². The molecule has 0 bridgehead atoms. The normalized spacial score (nSPS) is 16.5. The molecule has 0 aliphatic rings. The molecule has 0 amide bonds. The summed E-state index contributed by atoms with van der Waals surface area (Å²) in [6, 6.07) is 1.77. The van der Waals surface area contributed by atoms with Gasteiger partial charge in [0, 0.05) is 6.20 Å². The van der Waals surface area contributed by atoms with E-state index in [1.54, 1.807) is 0 Å². The van der Waals surface area contributed by atoms with Gasteiger partial charge in [0.15, 0.2) is 9.73 Å². The first-order valence-electron chi connectivity index (χ1n) is 4.92. The van der Waals surface area contributed by atoms with Gasteiger partial charge in [-0.3, -0.25) is 4.98 Å². The molecule has 0 spiro atoms. The first kappa shape index (κ1) is 15.5. The van der Waals surface area contributed by atoms with Crippen molar-refractivity contribution in [3.05, 3.63) is 39.7 Å². The Morgan fingerprint density at radius 2 is 2.05 bits per heavy atom. The van der Waals surface area contributed by atoms with Gasteiger partial charge in [-0.1, -0.05) is 11.0 Å². The number of aromatic nitrogens is 1. The summed E-state index contributed by atoms with van der Waals surface area (Å²) in [6.45, 7) is 1.34. The van der Waals surface area contributed by atoms with Crippen LogP contribution in [0.4, 0.5) is 13.2 Å². The zero-order valence-corrected chi connectivity index (χ0v) is 10.7. The third kappa shape index (κ3) is 3.26. The van der Waals surface area contributed by atoms with E-state index in [0.717, 1.165) is 18.5 Å². The van der Waals surface area contributed by atoms with E-state index in [0.29, 0.717) is 6.07 Å². The highest BCUT2D eigenvalue weighted by molar-refractivity contribution is 7.90. The lowest BCUT2D eigenvalue weighted by molar-refractivity contribution is -0.442. The molecule has 2 atom stereocenters. The fourth-order valence-corrected chi connectivity index (χ4v) is 2.31. The minimum atomic E-state index is -4.58. The fraction of sp³-hybridized carbons (Fsp3) is 0.444.